The molecular weight excluding hydrogens is 394 g/mol. The number of hydrogen-bond acceptors (Lipinski definition) is 8. The highest BCUT2D eigenvalue weighted by atomic mass is 35.5. The van der Waals surface area contributed by atoms with Gasteiger partial charge >= 0.3 is 0 Å². The third-order valence-corrected chi connectivity index (χ3v) is 5.40. The molecule has 10 heteroatoms. The number of nitrogens with zero attached hydrogens (tertiary/aromatic N) is 3. The number of nitrogens with one attached hydrogen (secondary N) is 2. The van der Waals surface area contributed by atoms with Crippen LogP contribution in [0.15, 0.2) is 33.9 Å². The lowest BCUT2D eigenvalue weighted by molar-refractivity contribution is -0.113. The summed E-state index contributed by atoms with van der Waals surface area (Å²) in [5.41, 5.74) is 1.82. The van der Waals surface area contributed by atoms with Crippen LogP contribution >= 0.6 is 34.7 Å². The van der Waals surface area contributed by atoms with Crippen LogP contribution in [-0.2, 0) is 11.3 Å². The Morgan fingerprint density at radius 2 is 2.04 bits per heavy atom. The van der Waals surface area contributed by atoms with Crippen LogP contribution in [0.2, 0.25) is 5.02 Å². The Hall–Kier alpha value is -2.10. The maximum Gasteiger partial charge on any atom is 0.277 e. The molecule has 0 fully saturated rings. The highest BCUT2D eigenvalue weighted by Crippen LogP contribution is 2.22. The molecule has 2 N–H and O–H groups in total. The predicted octanol–water partition coefficient (Wildman–Crippen LogP) is 4.14. The van der Waals surface area contributed by atoms with Crippen LogP contribution in [0.25, 0.3) is 0 Å². The molecule has 0 aliphatic heterocycles. The normalized spacial score (nSPS) is 10.7. The third-order valence-electron chi connectivity index (χ3n) is 3.34. The van der Waals surface area contributed by atoms with Crippen LogP contribution in [0.1, 0.15) is 16.5 Å². The van der Waals surface area contributed by atoms with Crippen molar-refractivity contribution in [3.63, 3.8) is 0 Å². The number of benzene rings is 1. The topological polar surface area (TPSA) is 92.9 Å². The number of halogens is 1. The van der Waals surface area contributed by atoms with Gasteiger partial charge in [-0.15, -0.1) is 21.5 Å². The van der Waals surface area contributed by atoms with Gasteiger partial charge in [0.2, 0.25) is 11.8 Å². The fourth-order valence-corrected chi connectivity index (χ4v) is 3.46. The molecule has 0 radical (unpaired) electrons. The Kier molecular flexibility index (Phi) is 6.12. The average Bonchev–Trinajstić information content (AvgIpc) is 3.19. The van der Waals surface area contributed by atoms with Crippen LogP contribution in [0.3, 0.4) is 0 Å². The number of carbonyl (C=O) groups excluding carboxylic acids is 1. The van der Waals surface area contributed by atoms with Crippen molar-refractivity contribution in [2.45, 2.75) is 25.6 Å². The zero-order valence-electron chi connectivity index (χ0n) is 14.1. The van der Waals surface area contributed by atoms with E-state index in [1.807, 2.05) is 26.0 Å². The van der Waals surface area contributed by atoms with E-state index in [1.54, 1.807) is 12.1 Å². The number of thioether (sulfide) groups is 1. The van der Waals surface area contributed by atoms with Gasteiger partial charge in [-0.3, -0.25) is 4.79 Å². The lowest BCUT2D eigenvalue weighted by atomic mass is 10.3. The summed E-state index contributed by atoms with van der Waals surface area (Å²) in [6, 6.07) is 7.31. The fraction of sp³-hybridized carbons (Fsp3) is 0.250. The Balaban J connectivity index is 1.45. The minimum atomic E-state index is -0.164. The minimum absolute atomic E-state index is 0.164. The molecule has 26 heavy (non-hydrogen) atoms. The van der Waals surface area contributed by atoms with E-state index < -0.39 is 0 Å². The molecule has 0 unspecified atom stereocenters. The van der Waals surface area contributed by atoms with E-state index in [4.69, 9.17) is 16.0 Å². The number of hydrogen-bond donors (Lipinski definition) is 2. The van der Waals surface area contributed by atoms with E-state index in [2.05, 4.69) is 25.8 Å². The lowest BCUT2D eigenvalue weighted by Gasteiger charge is -2.02. The van der Waals surface area contributed by atoms with Crippen LogP contribution < -0.4 is 10.6 Å². The third kappa shape index (κ3) is 5.20. The molecule has 7 nitrogen and oxygen atoms in total. The van der Waals surface area contributed by atoms with Gasteiger partial charge in [-0.25, -0.2) is 4.98 Å². The number of rotatable bonds is 7. The number of anilines is 2. The van der Waals surface area contributed by atoms with Crippen LogP contribution in [0, 0.1) is 13.8 Å². The Labute approximate surface area is 163 Å². The van der Waals surface area contributed by atoms with E-state index in [0.717, 1.165) is 16.3 Å². The van der Waals surface area contributed by atoms with E-state index >= 15 is 0 Å². The highest BCUT2D eigenvalue weighted by molar-refractivity contribution is 7.99. The number of carbonyl (C=O) groups is 1. The van der Waals surface area contributed by atoms with Crippen molar-refractivity contribution in [3.05, 3.63) is 45.7 Å². The van der Waals surface area contributed by atoms with Gasteiger partial charge in [0.1, 0.15) is 0 Å². The number of aromatic nitrogens is 3. The van der Waals surface area contributed by atoms with Crippen LogP contribution in [0.5, 0.6) is 0 Å². The molecule has 0 atom stereocenters. The second kappa shape index (κ2) is 8.52. The second-order valence-electron chi connectivity index (χ2n) is 5.32. The summed E-state index contributed by atoms with van der Waals surface area (Å²) in [6.07, 6.45) is 0. The molecule has 0 spiro atoms. The quantitative estimate of drug-likeness (QED) is 0.566. The maximum absolute atomic E-state index is 12.0. The first-order valence-electron chi connectivity index (χ1n) is 7.68. The number of thiazole rings is 1. The fourth-order valence-electron chi connectivity index (χ4n) is 1.92. The lowest BCUT2D eigenvalue weighted by Crippen LogP contribution is -2.13. The molecule has 2 heterocycles. The molecule has 0 aliphatic carbocycles. The summed E-state index contributed by atoms with van der Waals surface area (Å²) in [7, 11) is 0. The van der Waals surface area contributed by atoms with E-state index in [-0.39, 0.29) is 11.7 Å². The SMILES string of the molecule is Cc1nc(NC(=O)CSc2nnc(CNc3ccc(Cl)cc3)o2)sc1C. The number of aryl methyl sites for hydroxylation is 2. The van der Waals surface area contributed by atoms with Crippen molar-refractivity contribution < 1.29 is 9.21 Å². The minimum Gasteiger partial charge on any atom is -0.414 e. The predicted molar refractivity (Wildman–Crippen MR) is 104 cm³/mol. The summed E-state index contributed by atoms with van der Waals surface area (Å²) >= 11 is 8.48. The molecule has 136 valence electrons. The van der Waals surface area contributed by atoms with Gasteiger partial charge in [0, 0.05) is 15.6 Å². The van der Waals surface area contributed by atoms with Crippen molar-refractivity contribution in [1.29, 1.82) is 0 Å². The van der Waals surface area contributed by atoms with Gasteiger partial charge in [0.05, 0.1) is 18.0 Å². The zero-order chi connectivity index (χ0) is 18.5. The van der Waals surface area contributed by atoms with Gasteiger partial charge in [0.15, 0.2) is 5.13 Å². The van der Waals surface area contributed by atoms with Gasteiger partial charge in [-0.2, -0.15) is 0 Å². The van der Waals surface area contributed by atoms with Crippen LogP contribution in [0.4, 0.5) is 10.8 Å². The van der Waals surface area contributed by atoms with E-state index in [1.165, 1.54) is 23.1 Å². The molecule has 0 saturated carbocycles. The summed E-state index contributed by atoms with van der Waals surface area (Å²) in [5.74, 6) is 0.445. The van der Waals surface area contributed by atoms with Gasteiger partial charge < -0.3 is 15.1 Å². The van der Waals surface area contributed by atoms with Gasteiger partial charge in [0.25, 0.3) is 5.22 Å². The first-order chi connectivity index (χ1) is 12.5. The second-order valence-corrected chi connectivity index (χ2v) is 7.89. The smallest absolute Gasteiger partial charge is 0.277 e. The molecule has 1 aromatic carbocycles. The first kappa shape index (κ1) is 18.7. The molecule has 3 rings (SSSR count). The van der Waals surface area contributed by atoms with Crippen molar-refractivity contribution in [2.24, 2.45) is 0 Å². The summed E-state index contributed by atoms with van der Waals surface area (Å²) in [4.78, 5) is 17.3. The molecule has 1 amide bonds. The Morgan fingerprint density at radius 1 is 1.27 bits per heavy atom. The van der Waals surface area contributed by atoms with Crippen molar-refractivity contribution >= 4 is 51.4 Å². The Morgan fingerprint density at radius 3 is 2.73 bits per heavy atom. The van der Waals surface area contributed by atoms with Gasteiger partial charge in [-0.1, -0.05) is 23.4 Å². The Bertz CT molecular complexity index is 875. The summed E-state index contributed by atoms with van der Waals surface area (Å²) in [5, 5.41) is 15.4. The molecule has 0 bridgehead atoms. The van der Waals surface area contributed by atoms with Crippen LogP contribution in [-0.4, -0.2) is 26.8 Å². The molecule has 0 saturated heterocycles. The van der Waals surface area contributed by atoms with Gasteiger partial charge in [-0.05, 0) is 38.1 Å². The molecule has 2 aromatic heterocycles. The summed E-state index contributed by atoms with van der Waals surface area (Å²) in [6.45, 7) is 4.27. The summed E-state index contributed by atoms with van der Waals surface area (Å²) < 4.78 is 5.51. The molecular formula is C16H16ClN5O2S2. The van der Waals surface area contributed by atoms with Crippen molar-refractivity contribution in [1.82, 2.24) is 15.2 Å². The number of amides is 1. The first-order valence-corrected chi connectivity index (χ1v) is 9.86. The monoisotopic (exact) mass is 409 g/mol. The maximum atomic E-state index is 12.0. The van der Waals surface area contributed by atoms with Crippen molar-refractivity contribution in [3.8, 4) is 0 Å². The van der Waals surface area contributed by atoms with E-state index in [9.17, 15) is 4.79 Å². The highest BCUT2D eigenvalue weighted by Gasteiger charge is 2.12. The largest absolute Gasteiger partial charge is 0.414 e. The van der Waals surface area contributed by atoms with E-state index in [0.29, 0.717) is 27.8 Å². The zero-order valence-corrected chi connectivity index (χ0v) is 16.5. The molecule has 3 aromatic rings. The van der Waals surface area contributed by atoms with Crippen molar-refractivity contribution in [2.75, 3.05) is 16.4 Å². The standard InChI is InChI=1S/C16H16ClN5O2S2/c1-9-10(2)26-15(19-9)20-13(23)8-25-16-22-21-14(24-16)7-18-12-5-3-11(17)4-6-12/h3-6,18H,7-8H2,1-2H3,(H,19,20,23). The molecule has 0 aliphatic rings. The average molecular weight is 410 g/mol.